The van der Waals surface area contributed by atoms with Crippen molar-refractivity contribution in [2.24, 2.45) is 0 Å². The Bertz CT molecular complexity index is 364. The quantitative estimate of drug-likeness (QED) is 0.753. The third-order valence-corrected chi connectivity index (χ3v) is 2.96. The van der Waals surface area contributed by atoms with Gasteiger partial charge in [-0.3, -0.25) is 0 Å². The molecule has 0 aromatic heterocycles. The van der Waals surface area contributed by atoms with E-state index in [0.717, 1.165) is 5.56 Å². The minimum atomic E-state index is -1.69. The molecule has 0 aliphatic heterocycles. The molecule has 0 spiro atoms. The van der Waals surface area contributed by atoms with Crippen LogP contribution in [0.5, 0.6) is 0 Å². The largest absolute Gasteiger partial charge is 0.399 e. The van der Waals surface area contributed by atoms with Gasteiger partial charge in [0.05, 0.1) is 6.07 Å². The predicted octanol–water partition coefficient (Wildman–Crippen LogP) is 3.76. The molecule has 4 heteroatoms. The fourth-order valence-corrected chi connectivity index (χ4v) is 2.18. The summed E-state index contributed by atoms with van der Waals surface area (Å²) in [5, 5.41) is 9.70. The first kappa shape index (κ1) is 12.2. The van der Waals surface area contributed by atoms with Gasteiger partial charge in [0.15, 0.2) is 14.4 Å². The van der Waals surface area contributed by atoms with E-state index in [2.05, 4.69) is 25.7 Å². The number of hydrogen-bond donors (Lipinski definition) is 0. The first-order valence-electron chi connectivity index (χ1n) is 4.75. The standard InChI is InChI=1S/C11H14ClNOSi/c1-15(2,3)14-11(8-13)9-4-6-10(12)7-5-9/h4-7,11H,1-3H3/t11-/m0/s1. The summed E-state index contributed by atoms with van der Waals surface area (Å²) in [6, 6.07) is 9.37. The molecule has 1 rings (SSSR count). The van der Waals surface area contributed by atoms with E-state index in [1.54, 1.807) is 12.1 Å². The second-order valence-corrected chi connectivity index (χ2v) is 9.19. The molecule has 0 aliphatic rings. The minimum Gasteiger partial charge on any atom is -0.399 e. The normalized spacial score (nSPS) is 13.3. The Hall–Kier alpha value is -0.823. The fraction of sp³-hybridized carbons (Fsp3) is 0.364. The van der Waals surface area contributed by atoms with E-state index in [4.69, 9.17) is 21.3 Å². The van der Waals surface area contributed by atoms with Crippen LogP contribution in [0.25, 0.3) is 0 Å². The van der Waals surface area contributed by atoms with Gasteiger partial charge in [-0.2, -0.15) is 5.26 Å². The lowest BCUT2D eigenvalue weighted by Gasteiger charge is -2.21. The van der Waals surface area contributed by atoms with Crippen LogP contribution in [-0.4, -0.2) is 8.32 Å². The summed E-state index contributed by atoms with van der Waals surface area (Å²) in [7, 11) is -1.69. The van der Waals surface area contributed by atoms with E-state index in [9.17, 15) is 0 Å². The molecule has 1 aromatic carbocycles. The lowest BCUT2D eigenvalue weighted by Crippen LogP contribution is -2.27. The van der Waals surface area contributed by atoms with Gasteiger partial charge in [0, 0.05) is 5.02 Å². The Morgan fingerprint density at radius 2 is 1.80 bits per heavy atom. The Morgan fingerprint density at radius 3 is 2.20 bits per heavy atom. The molecule has 0 amide bonds. The van der Waals surface area contributed by atoms with Crippen LogP contribution in [0.3, 0.4) is 0 Å². The maximum atomic E-state index is 9.03. The Balaban J connectivity index is 2.85. The van der Waals surface area contributed by atoms with Gasteiger partial charge in [-0.15, -0.1) is 0 Å². The molecule has 0 fully saturated rings. The summed E-state index contributed by atoms with van der Waals surface area (Å²) in [5.41, 5.74) is 0.865. The topological polar surface area (TPSA) is 33.0 Å². The molecule has 0 radical (unpaired) electrons. The molecule has 0 unspecified atom stereocenters. The maximum absolute atomic E-state index is 9.03. The van der Waals surface area contributed by atoms with Crippen LogP contribution in [0.15, 0.2) is 24.3 Å². The van der Waals surface area contributed by atoms with Crippen molar-refractivity contribution in [3.63, 3.8) is 0 Å². The van der Waals surface area contributed by atoms with Crippen molar-refractivity contribution in [2.75, 3.05) is 0 Å². The highest BCUT2D eigenvalue weighted by Crippen LogP contribution is 2.22. The van der Waals surface area contributed by atoms with Crippen LogP contribution in [0.1, 0.15) is 11.7 Å². The van der Waals surface area contributed by atoms with Crippen LogP contribution < -0.4 is 0 Å². The molecule has 80 valence electrons. The summed E-state index contributed by atoms with van der Waals surface area (Å²) in [5.74, 6) is 0. The first-order chi connectivity index (χ1) is 6.92. The number of rotatable bonds is 3. The zero-order valence-electron chi connectivity index (χ0n) is 9.12. The molecule has 0 N–H and O–H groups in total. The predicted molar refractivity (Wildman–Crippen MR) is 64.2 cm³/mol. The van der Waals surface area contributed by atoms with Crippen molar-refractivity contribution in [1.82, 2.24) is 0 Å². The fourth-order valence-electron chi connectivity index (χ4n) is 1.16. The zero-order valence-corrected chi connectivity index (χ0v) is 10.9. The molecule has 1 atom stereocenters. The van der Waals surface area contributed by atoms with E-state index in [-0.39, 0.29) is 0 Å². The third-order valence-electron chi connectivity index (χ3n) is 1.76. The second-order valence-electron chi connectivity index (χ2n) is 4.29. The van der Waals surface area contributed by atoms with Gasteiger partial charge >= 0.3 is 0 Å². The van der Waals surface area contributed by atoms with Crippen molar-refractivity contribution in [3.8, 4) is 6.07 Å². The van der Waals surface area contributed by atoms with E-state index in [1.807, 2.05) is 12.1 Å². The summed E-state index contributed by atoms with van der Waals surface area (Å²) in [4.78, 5) is 0. The van der Waals surface area contributed by atoms with Crippen LogP contribution in [0, 0.1) is 11.3 Å². The van der Waals surface area contributed by atoms with E-state index in [1.165, 1.54) is 0 Å². The summed E-state index contributed by atoms with van der Waals surface area (Å²) >= 11 is 5.78. The highest BCUT2D eigenvalue weighted by Gasteiger charge is 2.21. The molecule has 0 aliphatic carbocycles. The minimum absolute atomic E-state index is 0.478. The smallest absolute Gasteiger partial charge is 0.186 e. The van der Waals surface area contributed by atoms with E-state index >= 15 is 0 Å². The first-order valence-corrected chi connectivity index (χ1v) is 8.54. The monoisotopic (exact) mass is 239 g/mol. The molecule has 1 aromatic rings. The van der Waals surface area contributed by atoms with Crippen molar-refractivity contribution < 1.29 is 4.43 Å². The summed E-state index contributed by atoms with van der Waals surface area (Å²) in [6.45, 7) is 6.19. The number of nitriles is 1. The van der Waals surface area contributed by atoms with Gasteiger partial charge in [0.1, 0.15) is 0 Å². The van der Waals surface area contributed by atoms with Crippen molar-refractivity contribution in [2.45, 2.75) is 25.7 Å². The Kier molecular flexibility index (Phi) is 3.92. The van der Waals surface area contributed by atoms with Gasteiger partial charge in [0.25, 0.3) is 0 Å². The van der Waals surface area contributed by atoms with Gasteiger partial charge in [-0.05, 0) is 37.3 Å². The van der Waals surface area contributed by atoms with Crippen LogP contribution in [0.4, 0.5) is 0 Å². The molecule has 15 heavy (non-hydrogen) atoms. The highest BCUT2D eigenvalue weighted by molar-refractivity contribution is 6.69. The highest BCUT2D eigenvalue weighted by atomic mass is 35.5. The molecule has 0 bridgehead atoms. The lowest BCUT2D eigenvalue weighted by atomic mass is 10.1. The number of benzene rings is 1. The Morgan fingerprint density at radius 1 is 1.27 bits per heavy atom. The molecule has 0 heterocycles. The number of nitrogens with zero attached hydrogens (tertiary/aromatic N) is 1. The summed E-state index contributed by atoms with van der Waals surface area (Å²) < 4.78 is 5.75. The Labute approximate surface area is 96.6 Å². The number of halogens is 1. The average molecular weight is 240 g/mol. The molecular weight excluding hydrogens is 226 g/mol. The molecule has 2 nitrogen and oxygen atoms in total. The lowest BCUT2D eigenvalue weighted by molar-refractivity contribution is 0.255. The number of hydrogen-bond acceptors (Lipinski definition) is 2. The maximum Gasteiger partial charge on any atom is 0.186 e. The molecule has 0 saturated heterocycles. The SMILES string of the molecule is C[Si](C)(C)O[C@@H](C#N)c1ccc(Cl)cc1. The summed E-state index contributed by atoms with van der Waals surface area (Å²) in [6.07, 6.45) is -0.478. The van der Waals surface area contributed by atoms with Gasteiger partial charge in [0.2, 0.25) is 0 Å². The third kappa shape index (κ3) is 4.04. The van der Waals surface area contributed by atoms with Crippen LogP contribution >= 0.6 is 11.6 Å². The van der Waals surface area contributed by atoms with Gasteiger partial charge < -0.3 is 4.43 Å². The van der Waals surface area contributed by atoms with Gasteiger partial charge in [-0.25, -0.2) is 0 Å². The zero-order chi connectivity index (χ0) is 11.5. The average Bonchev–Trinajstić information content (AvgIpc) is 2.14. The van der Waals surface area contributed by atoms with Crippen molar-refractivity contribution in [1.29, 1.82) is 5.26 Å². The molecular formula is C11H14ClNOSi. The molecule has 0 saturated carbocycles. The second kappa shape index (κ2) is 4.80. The van der Waals surface area contributed by atoms with Crippen molar-refractivity contribution in [3.05, 3.63) is 34.9 Å². The van der Waals surface area contributed by atoms with Crippen LogP contribution in [-0.2, 0) is 4.43 Å². The van der Waals surface area contributed by atoms with Crippen molar-refractivity contribution >= 4 is 19.9 Å². The van der Waals surface area contributed by atoms with E-state index < -0.39 is 14.4 Å². The van der Waals surface area contributed by atoms with Crippen LogP contribution in [0.2, 0.25) is 24.7 Å². The van der Waals surface area contributed by atoms with E-state index in [0.29, 0.717) is 5.02 Å². The van der Waals surface area contributed by atoms with Gasteiger partial charge in [-0.1, -0.05) is 23.7 Å².